The quantitative estimate of drug-likeness (QED) is 0.149. The van der Waals surface area contributed by atoms with E-state index in [-0.39, 0.29) is 11.6 Å². The van der Waals surface area contributed by atoms with E-state index in [1.165, 1.54) is 24.3 Å². The fourth-order valence-electron chi connectivity index (χ4n) is 9.57. The standard InChI is InChI=1S/C60H39F2N3/c61-46-23-29-51(30-24-46)64-57-17-9-7-15-53(57)55-38-41(21-33-59(55)64)44-35-43(40-19-27-50(28-20-40)63(48-11-3-1-4-12-48)49-13-5-2-6-14-49)36-45(37-44)42-22-34-60-56(39-42)54-16-8-10-18-58(54)65(60)52-31-25-47(62)26-32-52/h1-39H. The van der Waals surface area contributed by atoms with Crippen LogP contribution in [0.5, 0.6) is 0 Å². The Hall–Kier alpha value is -8.54. The molecule has 2 heterocycles. The van der Waals surface area contributed by atoms with Gasteiger partial charge in [0.1, 0.15) is 11.6 Å². The normalized spacial score (nSPS) is 11.5. The van der Waals surface area contributed by atoms with Crippen molar-refractivity contribution < 1.29 is 8.78 Å². The zero-order chi connectivity index (χ0) is 43.4. The first-order valence-corrected chi connectivity index (χ1v) is 21.8. The lowest BCUT2D eigenvalue weighted by atomic mass is 9.92. The Morgan fingerprint density at radius 2 is 0.615 bits per heavy atom. The highest BCUT2D eigenvalue weighted by molar-refractivity contribution is 6.12. The molecule has 0 bridgehead atoms. The van der Waals surface area contributed by atoms with Crippen molar-refractivity contribution in [3.05, 3.63) is 248 Å². The molecule has 0 aliphatic rings. The molecule has 0 fully saturated rings. The third-order valence-electron chi connectivity index (χ3n) is 12.6. The predicted octanol–water partition coefficient (Wildman–Crippen LogP) is 16.6. The van der Waals surface area contributed by atoms with E-state index < -0.39 is 0 Å². The summed E-state index contributed by atoms with van der Waals surface area (Å²) in [6.07, 6.45) is 0. The molecular formula is C60H39F2N3. The molecule has 308 valence electrons. The fraction of sp³-hybridized carbons (Fsp3) is 0. The van der Waals surface area contributed by atoms with E-state index in [4.69, 9.17) is 0 Å². The zero-order valence-corrected chi connectivity index (χ0v) is 35.1. The van der Waals surface area contributed by atoms with Crippen LogP contribution in [0.3, 0.4) is 0 Å². The van der Waals surface area contributed by atoms with Crippen LogP contribution in [0, 0.1) is 11.6 Å². The summed E-state index contributed by atoms with van der Waals surface area (Å²) < 4.78 is 32.6. The minimum Gasteiger partial charge on any atom is -0.311 e. The summed E-state index contributed by atoms with van der Waals surface area (Å²) >= 11 is 0. The molecule has 5 heteroatoms. The van der Waals surface area contributed by atoms with E-state index in [0.717, 1.165) is 105 Å². The first kappa shape index (κ1) is 38.2. The number of hydrogen-bond acceptors (Lipinski definition) is 1. The largest absolute Gasteiger partial charge is 0.311 e. The van der Waals surface area contributed by atoms with E-state index in [9.17, 15) is 8.78 Å². The summed E-state index contributed by atoms with van der Waals surface area (Å²) in [7, 11) is 0. The van der Waals surface area contributed by atoms with Crippen LogP contribution in [0.15, 0.2) is 237 Å². The maximum Gasteiger partial charge on any atom is 0.123 e. The molecule has 0 radical (unpaired) electrons. The van der Waals surface area contributed by atoms with Crippen molar-refractivity contribution in [3.63, 3.8) is 0 Å². The molecule has 65 heavy (non-hydrogen) atoms. The molecule has 10 aromatic carbocycles. The molecule has 12 aromatic rings. The Balaban J connectivity index is 1.03. The van der Waals surface area contributed by atoms with Gasteiger partial charge in [0.05, 0.1) is 22.1 Å². The summed E-state index contributed by atoms with van der Waals surface area (Å²) in [5.74, 6) is -0.519. The van der Waals surface area contributed by atoms with Crippen LogP contribution in [0.25, 0.3) is 88.4 Å². The Bertz CT molecular complexity index is 3480. The Morgan fingerprint density at radius 1 is 0.262 bits per heavy atom. The molecule has 2 aromatic heterocycles. The van der Waals surface area contributed by atoms with Gasteiger partial charge < -0.3 is 14.0 Å². The van der Waals surface area contributed by atoms with Gasteiger partial charge in [-0.3, -0.25) is 0 Å². The number of benzene rings is 10. The van der Waals surface area contributed by atoms with Crippen LogP contribution >= 0.6 is 0 Å². The van der Waals surface area contributed by atoms with Crippen molar-refractivity contribution in [2.24, 2.45) is 0 Å². The third kappa shape index (κ3) is 6.73. The first-order chi connectivity index (χ1) is 32.0. The number of anilines is 3. The molecule has 0 atom stereocenters. The molecule has 0 unspecified atom stereocenters. The maximum absolute atomic E-state index is 14.1. The second kappa shape index (κ2) is 15.7. The van der Waals surface area contributed by atoms with E-state index in [1.54, 1.807) is 0 Å². The molecule has 0 aliphatic carbocycles. The van der Waals surface area contributed by atoms with Gasteiger partial charge in [0.25, 0.3) is 0 Å². The highest BCUT2D eigenvalue weighted by atomic mass is 19.1. The second-order valence-electron chi connectivity index (χ2n) is 16.5. The number of hydrogen-bond donors (Lipinski definition) is 0. The average Bonchev–Trinajstić information content (AvgIpc) is 3.87. The van der Waals surface area contributed by atoms with Gasteiger partial charge in [0, 0.05) is 50.0 Å². The maximum atomic E-state index is 14.1. The minimum absolute atomic E-state index is 0.260. The molecule has 0 saturated carbocycles. The van der Waals surface area contributed by atoms with E-state index >= 15 is 0 Å². The van der Waals surface area contributed by atoms with Gasteiger partial charge in [-0.1, -0.05) is 97.1 Å². The van der Waals surface area contributed by atoms with E-state index in [0.29, 0.717) is 0 Å². The van der Waals surface area contributed by atoms with Crippen LogP contribution in [0.1, 0.15) is 0 Å². The van der Waals surface area contributed by atoms with Crippen LogP contribution in [0.4, 0.5) is 25.8 Å². The van der Waals surface area contributed by atoms with Crippen LogP contribution < -0.4 is 4.90 Å². The highest BCUT2D eigenvalue weighted by Crippen LogP contribution is 2.41. The number of aromatic nitrogens is 2. The minimum atomic E-state index is -0.260. The number of fused-ring (bicyclic) bond motifs is 6. The van der Waals surface area contributed by atoms with Gasteiger partial charge in [-0.25, -0.2) is 8.78 Å². The highest BCUT2D eigenvalue weighted by Gasteiger charge is 2.18. The van der Waals surface area contributed by atoms with E-state index in [1.807, 2.05) is 36.4 Å². The lowest BCUT2D eigenvalue weighted by Crippen LogP contribution is -2.09. The topological polar surface area (TPSA) is 13.1 Å². The average molecular weight is 840 g/mol. The van der Waals surface area contributed by atoms with Crippen molar-refractivity contribution in [2.75, 3.05) is 4.90 Å². The molecule has 0 N–H and O–H groups in total. The van der Waals surface area contributed by atoms with Crippen LogP contribution in [-0.2, 0) is 0 Å². The number of halogens is 2. The summed E-state index contributed by atoms with van der Waals surface area (Å²) in [4.78, 5) is 2.28. The molecule has 0 aliphatic heterocycles. The van der Waals surface area contributed by atoms with Crippen LogP contribution in [-0.4, -0.2) is 9.13 Å². The molecule has 3 nitrogen and oxygen atoms in total. The molecule has 0 saturated heterocycles. The predicted molar refractivity (Wildman–Crippen MR) is 266 cm³/mol. The first-order valence-electron chi connectivity index (χ1n) is 21.8. The SMILES string of the molecule is Fc1ccc(-n2c3ccccc3c3cc(-c4cc(-c5ccc(N(c6ccccc6)c6ccccc6)cc5)cc(-c5ccc6c(c5)c5ccccc5n6-c5ccc(F)cc5)c4)ccc32)cc1. The fourth-order valence-corrected chi connectivity index (χ4v) is 9.57. The van der Waals surface area contributed by atoms with Gasteiger partial charge in [-0.15, -0.1) is 0 Å². The summed E-state index contributed by atoms with van der Waals surface area (Å²) in [6.45, 7) is 0. The monoisotopic (exact) mass is 839 g/mol. The summed E-state index contributed by atoms with van der Waals surface area (Å²) in [5.41, 5.74) is 15.8. The van der Waals surface area contributed by atoms with Gasteiger partial charge in [-0.05, 0) is 173 Å². The molecule has 0 amide bonds. The number of para-hydroxylation sites is 4. The van der Waals surface area contributed by atoms with Gasteiger partial charge in [-0.2, -0.15) is 0 Å². The van der Waals surface area contributed by atoms with Crippen molar-refractivity contribution in [1.82, 2.24) is 9.13 Å². The third-order valence-corrected chi connectivity index (χ3v) is 12.6. The van der Waals surface area contributed by atoms with E-state index in [2.05, 4.69) is 190 Å². The lowest BCUT2D eigenvalue weighted by Gasteiger charge is -2.25. The van der Waals surface area contributed by atoms with Crippen molar-refractivity contribution in [3.8, 4) is 44.8 Å². The van der Waals surface area contributed by atoms with Crippen LogP contribution in [0.2, 0.25) is 0 Å². The smallest absolute Gasteiger partial charge is 0.123 e. The van der Waals surface area contributed by atoms with Gasteiger partial charge >= 0.3 is 0 Å². The summed E-state index contributed by atoms with van der Waals surface area (Å²) in [6, 6.07) is 80.3. The molecule has 0 spiro atoms. The Kier molecular flexibility index (Phi) is 9.20. The van der Waals surface area contributed by atoms with Crippen molar-refractivity contribution >= 4 is 60.7 Å². The molecular weight excluding hydrogens is 801 g/mol. The van der Waals surface area contributed by atoms with Crippen molar-refractivity contribution in [1.29, 1.82) is 0 Å². The van der Waals surface area contributed by atoms with Gasteiger partial charge in [0.2, 0.25) is 0 Å². The number of nitrogens with zero attached hydrogens (tertiary/aromatic N) is 3. The Labute approximate surface area is 374 Å². The van der Waals surface area contributed by atoms with Crippen molar-refractivity contribution in [2.45, 2.75) is 0 Å². The lowest BCUT2D eigenvalue weighted by molar-refractivity contribution is 0.627. The van der Waals surface area contributed by atoms with Gasteiger partial charge in [0.15, 0.2) is 0 Å². The Morgan fingerprint density at radius 3 is 1.06 bits per heavy atom. The number of rotatable bonds is 8. The second-order valence-corrected chi connectivity index (χ2v) is 16.5. The zero-order valence-electron chi connectivity index (χ0n) is 35.1. The molecule has 12 rings (SSSR count). The summed E-state index contributed by atoms with van der Waals surface area (Å²) in [5, 5.41) is 4.50.